The van der Waals surface area contributed by atoms with Gasteiger partial charge in [0, 0.05) is 31.7 Å². The van der Waals surface area contributed by atoms with Crippen molar-refractivity contribution < 1.29 is 9.53 Å². The molecule has 0 bridgehead atoms. The summed E-state index contributed by atoms with van der Waals surface area (Å²) in [6, 6.07) is 7.31. The van der Waals surface area contributed by atoms with E-state index in [0.29, 0.717) is 36.7 Å². The van der Waals surface area contributed by atoms with Crippen molar-refractivity contribution in [2.24, 2.45) is 5.73 Å². The molecule has 0 heterocycles. The summed E-state index contributed by atoms with van der Waals surface area (Å²) in [5.41, 5.74) is 7.12. The molecule has 0 saturated carbocycles. The van der Waals surface area contributed by atoms with Crippen LogP contribution in [0.25, 0.3) is 0 Å². The number of hydrogen-bond acceptors (Lipinski definition) is 3. The van der Waals surface area contributed by atoms with E-state index in [0.717, 1.165) is 12.0 Å². The van der Waals surface area contributed by atoms with Crippen molar-refractivity contribution in [2.75, 3.05) is 19.8 Å². The molecule has 5 heteroatoms. The highest BCUT2D eigenvalue weighted by Gasteiger charge is 2.04. The quantitative estimate of drug-likeness (QED) is 0.561. The van der Waals surface area contributed by atoms with E-state index in [4.69, 9.17) is 22.7 Å². The molecular weight excluding hydrogens is 260 g/mol. The third-order valence-corrected chi connectivity index (χ3v) is 2.69. The van der Waals surface area contributed by atoms with Gasteiger partial charge in [-0.2, -0.15) is 0 Å². The summed E-state index contributed by atoms with van der Waals surface area (Å²) >= 11 is 4.84. The first kappa shape index (κ1) is 15.6. The van der Waals surface area contributed by atoms with Gasteiger partial charge in [-0.1, -0.05) is 24.4 Å². The second-order valence-electron chi connectivity index (χ2n) is 4.15. The lowest BCUT2D eigenvalue weighted by atomic mass is 10.1. The Morgan fingerprint density at radius 1 is 1.37 bits per heavy atom. The molecule has 3 N–H and O–H groups in total. The minimum Gasteiger partial charge on any atom is -0.393 e. The average molecular weight is 280 g/mol. The van der Waals surface area contributed by atoms with Crippen LogP contribution in [0.1, 0.15) is 29.3 Å². The van der Waals surface area contributed by atoms with Gasteiger partial charge >= 0.3 is 0 Å². The number of nitrogens with one attached hydrogen (secondary N) is 1. The fraction of sp³-hybridized carbons (Fsp3) is 0.429. The highest BCUT2D eigenvalue weighted by molar-refractivity contribution is 7.80. The molecule has 0 fully saturated rings. The molecule has 19 heavy (non-hydrogen) atoms. The number of rotatable bonds is 8. The van der Waals surface area contributed by atoms with E-state index >= 15 is 0 Å². The molecule has 4 nitrogen and oxygen atoms in total. The van der Waals surface area contributed by atoms with Crippen molar-refractivity contribution in [3.8, 4) is 0 Å². The number of amides is 1. The molecule has 0 spiro atoms. The Morgan fingerprint density at radius 2 is 2.05 bits per heavy atom. The first-order chi connectivity index (χ1) is 9.13. The van der Waals surface area contributed by atoms with Crippen LogP contribution >= 0.6 is 12.2 Å². The summed E-state index contributed by atoms with van der Waals surface area (Å²) in [5.74, 6) is -0.0710. The molecule has 0 radical (unpaired) electrons. The summed E-state index contributed by atoms with van der Waals surface area (Å²) < 4.78 is 5.20. The Morgan fingerprint density at radius 3 is 2.63 bits per heavy atom. The van der Waals surface area contributed by atoms with Gasteiger partial charge in [-0.3, -0.25) is 4.79 Å². The zero-order valence-electron chi connectivity index (χ0n) is 11.1. The smallest absolute Gasteiger partial charge is 0.251 e. The average Bonchev–Trinajstić information content (AvgIpc) is 2.38. The number of carbonyl (C=O) groups excluding carboxylic acids is 1. The van der Waals surface area contributed by atoms with Crippen LogP contribution in [0.4, 0.5) is 0 Å². The molecular formula is C14H20N2O2S. The Kier molecular flexibility index (Phi) is 7.07. The molecule has 104 valence electrons. The van der Waals surface area contributed by atoms with E-state index in [2.05, 4.69) is 5.32 Å². The molecule has 0 aromatic heterocycles. The van der Waals surface area contributed by atoms with Gasteiger partial charge < -0.3 is 15.8 Å². The Bertz CT molecular complexity index is 418. The first-order valence-electron chi connectivity index (χ1n) is 6.36. The molecule has 0 aliphatic heterocycles. The molecule has 0 unspecified atom stereocenters. The molecule has 1 amide bonds. The lowest BCUT2D eigenvalue weighted by Gasteiger charge is -2.06. The van der Waals surface area contributed by atoms with Crippen LogP contribution in [0.15, 0.2) is 24.3 Å². The zero-order valence-corrected chi connectivity index (χ0v) is 12.0. The fourth-order valence-corrected chi connectivity index (χ4v) is 1.76. The van der Waals surface area contributed by atoms with Crippen molar-refractivity contribution in [3.05, 3.63) is 35.4 Å². The topological polar surface area (TPSA) is 64.3 Å². The van der Waals surface area contributed by atoms with Crippen LogP contribution in [0, 0.1) is 0 Å². The van der Waals surface area contributed by atoms with Gasteiger partial charge in [0.1, 0.15) is 0 Å². The summed E-state index contributed by atoms with van der Waals surface area (Å²) in [7, 11) is 0. The van der Waals surface area contributed by atoms with E-state index in [1.54, 1.807) is 12.1 Å². The van der Waals surface area contributed by atoms with E-state index in [1.165, 1.54) is 0 Å². The van der Waals surface area contributed by atoms with Gasteiger partial charge in [0.15, 0.2) is 0 Å². The summed E-state index contributed by atoms with van der Waals surface area (Å²) in [5, 5.41) is 2.85. The van der Waals surface area contributed by atoms with Crippen molar-refractivity contribution >= 4 is 23.1 Å². The van der Waals surface area contributed by atoms with E-state index in [1.807, 2.05) is 19.1 Å². The SMILES string of the molecule is CCOCCCNC(=O)c1ccc(CC(N)=S)cc1. The Balaban J connectivity index is 2.38. The lowest BCUT2D eigenvalue weighted by Crippen LogP contribution is -2.25. The Hall–Kier alpha value is -1.46. The number of carbonyl (C=O) groups is 1. The molecule has 1 aromatic carbocycles. The number of hydrogen-bond donors (Lipinski definition) is 2. The second-order valence-corrected chi connectivity index (χ2v) is 4.67. The van der Waals surface area contributed by atoms with Crippen LogP contribution in [-0.2, 0) is 11.2 Å². The predicted molar refractivity (Wildman–Crippen MR) is 80.4 cm³/mol. The Labute approximate surface area is 119 Å². The molecule has 0 aliphatic carbocycles. The minimum atomic E-state index is -0.0710. The minimum absolute atomic E-state index is 0.0710. The molecule has 1 aromatic rings. The van der Waals surface area contributed by atoms with Crippen LogP contribution < -0.4 is 11.1 Å². The number of benzene rings is 1. The van der Waals surface area contributed by atoms with E-state index in [9.17, 15) is 4.79 Å². The molecule has 0 aliphatic rings. The number of ether oxygens (including phenoxy) is 1. The van der Waals surface area contributed by atoms with Crippen LogP contribution in [0.2, 0.25) is 0 Å². The summed E-state index contributed by atoms with van der Waals surface area (Å²) in [6.07, 6.45) is 1.38. The van der Waals surface area contributed by atoms with Gasteiger partial charge in [0.25, 0.3) is 5.91 Å². The van der Waals surface area contributed by atoms with E-state index in [-0.39, 0.29) is 5.91 Å². The van der Waals surface area contributed by atoms with Crippen molar-refractivity contribution in [1.29, 1.82) is 0 Å². The summed E-state index contributed by atoms with van der Waals surface area (Å²) in [4.78, 5) is 12.3. The first-order valence-corrected chi connectivity index (χ1v) is 6.77. The third kappa shape index (κ3) is 6.31. The normalized spacial score (nSPS) is 10.2. The van der Waals surface area contributed by atoms with Gasteiger partial charge in [0.05, 0.1) is 4.99 Å². The maximum Gasteiger partial charge on any atom is 0.251 e. The third-order valence-electron chi connectivity index (χ3n) is 2.55. The summed E-state index contributed by atoms with van der Waals surface area (Å²) in [6.45, 7) is 3.95. The van der Waals surface area contributed by atoms with E-state index < -0.39 is 0 Å². The maximum absolute atomic E-state index is 11.8. The maximum atomic E-state index is 11.8. The van der Waals surface area contributed by atoms with Crippen molar-refractivity contribution in [1.82, 2.24) is 5.32 Å². The fourth-order valence-electron chi connectivity index (χ4n) is 1.60. The highest BCUT2D eigenvalue weighted by atomic mass is 32.1. The predicted octanol–water partition coefficient (Wildman–Crippen LogP) is 1.67. The molecule has 1 rings (SSSR count). The zero-order chi connectivity index (χ0) is 14.1. The van der Waals surface area contributed by atoms with Crippen molar-refractivity contribution in [2.45, 2.75) is 19.8 Å². The second kappa shape index (κ2) is 8.61. The van der Waals surface area contributed by atoms with Crippen LogP contribution in [0.3, 0.4) is 0 Å². The van der Waals surface area contributed by atoms with Gasteiger partial charge in [0.2, 0.25) is 0 Å². The van der Waals surface area contributed by atoms with Gasteiger partial charge in [-0.05, 0) is 31.0 Å². The largest absolute Gasteiger partial charge is 0.393 e. The molecule has 0 atom stereocenters. The van der Waals surface area contributed by atoms with Gasteiger partial charge in [-0.25, -0.2) is 0 Å². The lowest BCUT2D eigenvalue weighted by molar-refractivity contribution is 0.0944. The highest BCUT2D eigenvalue weighted by Crippen LogP contribution is 2.05. The monoisotopic (exact) mass is 280 g/mol. The van der Waals surface area contributed by atoms with Crippen LogP contribution in [0.5, 0.6) is 0 Å². The number of nitrogens with two attached hydrogens (primary N) is 1. The van der Waals surface area contributed by atoms with Gasteiger partial charge in [-0.15, -0.1) is 0 Å². The van der Waals surface area contributed by atoms with Crippen LogP contribution in [-0.4, -0.2) is 30.7 Å². The molecule has 0 saturated heterocycles. The van der Waals surface area contributed by atoms with Crippen molar-refractivity contribution in [3.63, 3.8) is 0 Å². The number of thiocarbonyl (C=S) groups is 1. The standard InChI is InChI=1S/C14H20N2O2S/c1-2-18-9-3-8-16-14(17)12-6-4-11(5-7-12)10-13(15)19/h4-7H,2-3,8-10H2,1H3,(H2,15,19)(H,16,17).